The molecule has 1 aromatic heterocycles. The fourth-order valence-corrected chi connectivity index (χ4v) is 2.32. The highest BCUT2D eigenvalue weighted by atomic mass is 16.4. The van der Waals surface area contributed by atoms with Crippen LogP contribution < -0.4 is 5.32 Å². The number of aromatic nitrogens is 1. The molecule has 0 aromatic carbocycles. The molecule has 0 atom stereocenters. The first-order valence-corrected chi connectivity index (χ1v) is 6.83. The van der Waals surface area contributed by atoms with Gasteiger partial charge in [0.1, 0.15) is 5.76 Å². The topological polar surface area (TPSA) is 41.3 Å². The van der Waals surface area contributed by atoms with Crippen molar-refractivity contribution in [2.45, 2.75) is 51.6 Å². The van der Waals surface area contributed by atoms with Gasteiger partial charge in [0.25, 0.3) is 0 Å². The monoisotopic (exact) mass is 251 g/mol. The highest BCUT2D eigenvalue weighted by molar-refractivity contribution is 5.06. The molecule has 4 heteroatoms. The van der Waals surface area contributed by atoms with Gasteiger partial charge in [0.05, 0.1) is 12.7 Å². The second kappa shape index (κ2) is 5.41. The van der Waals surface area contributed by atoms with E-state index in [2.05, 4.69) is 43.0 Å². The van der Waals surface area contributed by atoms with Gasteiger partial charge in [-0.3, -0.25) is 4.90 Å². The van der Waals surface area contributed by atoms with Crippen molar-refractivity contribution in [1.29, 1.82) is 0 Å². The zero-order valence-electron chi connectivity index (χ0n) is 12.0. The molecule has 0 bridgehead atoms. The van der Waals surface area contributed by atoms with Crippen LogP contribution >= 0.6 is 0 Å². The lowest BCUT2D eigenvalue weighted by Crippen LogP contribution is -2.40. The molecular weight excluding hydrogens is 226 g/mol. The molecule has 1 aliphatic rings. The van der Waals surface area contributed by atoms with Gasteiger partial charge in [-0.25, -0.2) is 4.98 Å². The van der Waals surface area contributed by atoms with Gasteiger partial charge in [-0.15, -0.1) is 0 Å². The summed E-state index contributed by atoms with van der Waals surface area (Å²) in [7, 11) is 2.16. The van der Waals surface area contributed by atoms with Crippen LogP contribution in [0, 0.1) is 0 Å². The summed E-state index contributed by atoms with van der Waals surface area (Å²) in [5.41, 5.74) is 0.0403. The second-order valence-electron chi connectivity index (χ2n) is 6.26. The average Bonchev–Trinajstić information content (AvgIpc) is 2.78. The second-order valence-corrected chi connectivity index (χ2v) is 6.26. The first kappa shape index (κ1) is 13.6. The fourth-order valence-electron chi connectivity index (χ4n) is 2.32. The minimum atomic E-state index is 0.0403. The van der Waals surface area contributed by atoms with E-state index >= 15 is 0 Å². The largest absolute Gasteiger partial charge is 0.444 e. The molecule has 0 amide bonds. The van der Waals surface area contributed by atoms with Gasteiger partial charge in [-0.05, 0) is 33.0 Å². The highest BCUT2D eigenvalue weighted by Crippen LogP contribution is 2.23. The van der Waals surface area contributed by atoms with Crippen molar-refractivity contribution in [3.05, 3.63) is 17.8 Å². The maximum atomic E-state index is 5.84. The van der Waals surface area contributed by atoms with Crippen molar-refractivity contribution in [3.8, 4) is 0 Å². The first-order chi connectivity index (χ1) is 8.47. The van der Waals surface area contributed by atoms with Crippen LogP contribution in [0.2, 0.25) is 0 Å². The summed E-state index contributed by atoms with van der Waals surface area (Å²) in [6.07, 6.45) is 4.29. The Morgan fingerprint density at radius 3 is 2.61 bits per heavy atom. The molecule has 0 saturated carbocycles. The van der Waals surface area contributed by atoms with Gasteiger partial charge >= 0.3 is 0 Å². The van der Waals surface area contributed by atoms with E-state index in [9.17, 15) is 0 Å². The lowest BCUT2D eigenvalue weighted by molar-refractivity contribution is 0.174. The smallest absolute Gasteiger partial charge is 0.208 e. The number of oxazole rings is 1. The van der Waals surface area contributed by atoms with Crippen molar-refractivity contribution < 1.29 is 4.42 Å². The molecule has 0 spiro atoms. The number of piperidine rings is 1. The van der Waals surface area contributed by atoms with Crippen LogP contribution in [0.15, 0.2) is 10.6 Å². The average molecular weight is 251 g/mol. The molecular formula is C14H25N3O. The van der Waals surface area contributed by atoms with Crippen LogP contribution in [-0.4, -0.2) is 36.1 Å². The summed E-state index contributed by atoms with van der Waals surface area (Å²) in [6, 6.07) is 0.649. The van der Waals surface area contributed by atoms with Crippen LogP contribution in [0.5, 0.6) is 0 Å². The third kappa shape index (κ3) is 3.33. The van der Waals surface area contributed by atoms with E-state index in [-0.39, 0.29) is 5.41 Å². The molecule has 1 N–H and O–H groups in total. The Labute approximate surface area is 110 Å². The third-order valence-electron chi connectivity index (χ3n) is 3.61. The maximum Gasteiger partial charge on any atom is 0.208 e. The Morgan fingerprint density at radius 1 is 1.39 bits per heavy atom. The minimum absolute atomic E-state index is 0.0403. The van der Waals surface area contributed by atoms with Crippen LogP contribution in [0.25, 0.3) is 0 Å². The standard InChI is InChI=1S/C14H25N3O/c1-14(2,3)12-9-16-13(18-12)10-17(4)11-5-7-15-8-6-11/h9,11,15H,5-8,10H2,1-4H3. The van der Waals surface area contributed by atoms with E-state index in [4.69, 9.17) is 4.42 Å². The number of hydrogen-bond donors (Lipinski definition) is 1. The van der Waals surface area contributed by atoms with E-state index < -0.39 is 0 Å². The van der Waals surface area contributed by atoms with Crippen molar-refractivity contribution in [2.24, 2.45) is 0 Å². The summed E-state index contributed by atoms with van der Waals surface area (Å²) in [5.74, 6) is 1.80. The Kier molecular flexibility index (Phi) is 4.07. The lowest BCUT2D eigenvalue weighted by Gasteiger charge is -2.30. The summed E-state index contributed by atoms with van der Waals surface area (Å²) in [4.78, 5) is 6.75. The molecule has 102 valence electrons. The summed E-state index contributed by atoms with van der Waals surface area (Å²) in [6.45, 7) is 9.48. The molecule has 1 aliphatic heterocycles. The summed E-state index contributed by atoms with van der Waals surface area (Å²) >= 11 is 0. The van der Waals surface area contributed by atoms with Crippen molar-refractivity contribution in [2.75, 3.05) is 20.1 Å². The van der Waals surface area contributed by atoms with Crippen molar-refractivity contribution >= 4 is 0 Å². The van der Waals surface area contributed by atoms with Crippen LogP contribution in [-0.2, 0) is 12.0 Å². The minimum Gasteiger partial charge on any atom is -0.444 e. The van der Waals surface area contributed by atoms with E-state index in [1.54, 1.807) is 0 Å². The van der Waals surface area contributed by atoms with Gasteiger partial charge in [0.2, 0.25) is 5.89 Å². The molecule has 1 aromatic rings. The molecule has 0 radical (unpaired) electrons. The Morgan fingerprint density at radius 2 is 2.06 bits per heavy atom. The van der Waals surface area contributed by atoms with Gasteiger partial charge < -0.3 is 9.73 Å². The number of nitrogens with zero attached hydrogens (tertiary/aromatic N) is 2. The molecule has 0 unspecified atom stereocenters. The SMILES string of the molecule is CN(Cc1ncc(C(C)(C)C)o1)C1CCNCC1. The van der Waals surface area contributed by atoms with Crippen molar-refractivity contribution in [3.63, 3.8) is 0 Å². The predicted octanol–water partition coefficient (Wildman–Crippen LogP) is 2.16. The number of nitrogens with one attached hydrogen (secondary N) is 1. The van der Waals surface area contributed by atoms with E-state index in [1.165, 1.54) is 12.8 Å². The van der Waals surface area contributed by atoms with Gasteiger partial charge in [-0.2, -0.15) is 0 Å². The molecule has 2 heterocycles. The Hall–Kier alpha value is -0.870. The van der Waals surface area contributed by atoms with E-state index in [0.29, 0.717) is 6.04 Å². The normalized spacial score (nSPS) is 18.5. The molecule has 18 heavy (non-hydrogen) atoms. The highest BCUT2D eigenvalue weighted by Gasteiger charge is 2.22. The Balaban J connectivity index is 1.94. The quantitative estimate of drug-likeness (QED) is 0.894. The molecule has 2 rings (SSSR count). The van der Waals surface area contributed by atoms with Crippen LogP contribution in [0.3, 0.4) is 0 Å². The molecule has 1 saturated heterocycles. The zero-order chi connectivity index (χ0) is 13.2. The number of hydrogen-bond acceptors (Lipinski definition) is 4. The Bertz CT molecular complexity index is 375. The van der Waals surface area contributed by atoms with Gasteiger partial charge in [0, 0.05) is 11.5 Å². The molecule has 1 fully saturated rings. The number of rotatable bonds is 3. The maximum absolute atomic E-state index is 5.84. The van der Waals surface area contributed by atoms with Crippen LogP contribution in [0.1, 0.15) is 45.3 Å². The predicted molar refractivity (Wildman–Crippen MR) is 72.6 cm³/mol. The fraction of sp³-hybridized carbons (Fsp3) is 0.786. The first-order valence-electron chi connectivity index (χ1n) is 6.83. The van der Waals surface area contributed by atoms with E-state index in [1.807, 2.05) is 6.20 Å². The summed E-state index contributed by atoms with van der Waals surface area (Å²) < 4.78 is 5.84. The molecule has 0 aliphatic carbocycles. The van der Waals surface area contributed by atoms with E-state index in [0.717, 1.165) is 31.3 Å². The van der Waals surface area contributed by atoms with Crippen molar-refractivity contribution in [1.82, 2.24) is 15.2 Å². The van der Waals surface area contributed by atoms with Gasteiger partial charge in [-0.1, -0.05) is 20.8 Å². The van der Waals surface area contributed by atoms with Gasteiger partial charge in [0.15, 0.2) is 0 Å². The van der Waals surface area contributed by atoms with Crippen LogP contribution in [0.4, 0.5) is 0 Å². The zero-order valence-corrected chi connectivity index (χ0v) is 12.0. The summed E-state index contributed by atoms with van der Waals surface area (Å²) in [5, 5.41) is 3.39. The molecule has 4 nitrogen and oxygen atoms in total. The lowest BCUT2D eigenvalue weighted by atomic mass is 9.94. The third-order valence-corrected chi connectivity index (χ3v) is 3.61.